The molecule has 90 valence electrons. The third kappa shape index (κ3) is 2.59. The van der Waals surface area contributed by atoms with E-state index < -0.39 is 29.4 Å². The van der Waals surface area contributed by atoms with Gasteiger partial charge in [0.25, 0.3) is 0 Å². The van der Waals surface area contributed by atoms with Crippen molar-refractivity contribution in [3.8, 4) is 0 Å². The fourth-order valence-electron chi connectivity index (χ4n) is 1.35. The van der Waals surface area contributed by atoms with Crippen molar-refractivity contribution >= 4 is 15.9 Å². The van der Waals surface area contributed by atoms with E-state index in [9.17, 15) is 19.0 Å². The first-order valence-electron chi connectivity index (χ1n) is 4.85. The average molecular weight is 295 g/mol. The summed E-state index contributed by atoms with van der Waals surface area (Å²) in [7, 11) is 0. The minimum Gasteiger partial charge on any atom is -0.390 e. The van der Waals surface area contributed by atoms with Gasteiger partial charge < -0.3 is 10.2 Å². The molecule has 5 heteroatoms. The molecule has 0 bridgehead atoms. The van der Waals surface area contributed by atoms with E-state index in [4.69, 9.17) is 0 Å². The highest BCUT2D eigenvalue weighted by Gasteiger charge is 2.28. The molecule has 0 aliphatic heterocycles. The monoisotopic (exact) mass is 294 g/mol. The van der Waals surface area contributed by atoms with Crippen LogP contribution < -0.4 is 0 Å². The Hall–Kier alpha value is -0.520. The largest absolute Gasteiger partial charge is 0.390 e. The van der Waals surface area contributed by atoms with Crippen molar-refractivity contribution in [3.05, 3.63) is 33.8 Å². The van der Waals surface area contributed by atoms with Crippen molar-refractivity contribution in [2.75, 3.05) is 0 Å². The van der Waals surface area contributed by atoms with Gasteiger partial charge in [0.2, 0.25) is 0 Å². The van der Waals surface area contributed by atoms with Crippen LogP contribution in [0.25, 0.3) is 0 Å². The molecule has 0 aliphatic rings. The van der Waals surface area contributed by atoms with Crippen molar-refractivity contribution < 1.29 is 19.0 Å². The summed E-state index contributed by atoms with van der Waals surface area (Å²) in [4.78, 5) is 0. The number of rotatable bonds is 3. The molecule has 0 amide bonds. The Kier molecular flexibility index (Phi) is 4.41. The molecule has 2 nitrogen and oxygen atoms in total. The molecule has 16 heavy (non-hydrogen) atoms. The highest BCUT2D eigenvalue weighted by molar-refractivity contribution is 9.10. The Morgan fingerprint density at radius 3 is 2.25 bits per heavy atom. The predicted octanol–water partition coefficient (Wildman–Crippen LogP) is 2.78. The van der Waals surface area contributed by atoms with E-state index >= 15 is 0 Å². The second kappa shape index (κ2) is 5.21. The lowest BCUT2D eigenvalue weighted by molar-refractivity contribution is -0.0131. The van der Waals surface area contributed by atoms with E-state index in [-0.39, 0.29) is 10.4 Å². The fraction of sp³-hybridized carbons (Fsp3) is 0.455. The Balaban J connectivity index is 3.17. The van der Waals surface area contributed by atoms with Gasteiger partial charge in [-0.05, 0) is 34.0 Å². The maximum absolute atomic E-state index is 13.6. The number of halogens is 3. The van der Waals surface area contributed by atoms with Crippen molar-refractivity contribution in [2.24, 2.45) is 5.92 Å². The van der Waals surface area contributed by atoms with E-state index in [0.717, 1.165) is 6.07 Å². The summed E-state index contributed by atoms with van der Waals surface area (Å²) in [5.74, 6) is -2.05. The predicted molar refractivity (Wildman–Crippen MR) is 59.9 cm³/mol. The second-order valence-corrected chi connectivity index (χ2v) is 4.79. The second-order valence-electron chi connectivity index (χ2n) is 3.94. The maximum Gasteiger partial charge on any atom is 0.146 e. The number of hydrogen-bond acceptors (Lipinski definition) is 2. The minimum absolute atomic E-state index is 0.0545. The number of hydrogen-bond donors (Lipinski definition) is 2. The Labute approximate surface area is 101 Å². The minimum atomic E-state index is -1.57. The summed E-state index contributed by atoms with van der Waals surface area (Å²) in [6.07, 6.45) is -2.78. The molecule has 0 aromatic heterocycles. The lowest BCUT2D eigenvalue weighted by Crippen LogP contribution is -2.25. The molecular formula is C11H13BrF2O2. The molecule has 0 spiro atoms. The van der Waals surface area contributed by atoms with Crippen molar-refractivity contribution in [1.82, 2.24) is 0 Å². The van der Waals surface area contributed by atoms with Crippen LogP contribution in [0.2, 0.25) is 0 Å². The van der Waals surface area contributed by atoms with Crippen LogP contribution in [-0.4, -0.2) is 16.3 Å². The van der Waals surface area contributed by atoms with Gasteiger partial charge in [-0.15, -0.1) is 0 Å². The van der Waals surface area contributed by atoms with Crippen LogP contribution in [0, 0.1) is 17.6 Å². The van der Waals surface area contributed by atoms with Crippen molar-refractivity contribution in [3.63, 3.8) is 0 Å². The summed E-state index contributed by atoms with van der Waals surface area (Å²) in [5, 5.41) is 19.3. The van der Waals surface area contributed by atoms with E-state index in [1.165, 1.54) is 6.07 Å². The van der Waals surface area contributed by atoms with Gasteiger partial charge in [0.15, 0.2) is 0 Å². The van der Waals surface area contributed by atoms with Crippen LogP contribution >= 0.6 is 15.9 Å². The zero-order valence-corrected chi connectivity index (χ0v) is 10.5. The number of benzene rings is 1. The third-order valence-corrected chi connectivity index (χ3v) is 2.99. The topological polar surface area (TPSA) is 40.5 Å². The molecule has 1 rings (SSSR count). The van der Waals surface area contributed by atoms with Crippen molar-refractivity contribution in [2.45, 2.75) is 26.1 Å². The van der Waals surface area contributed by atoms with Crippen LogP contribution in [-0.2, 0) is 0 Å². The molecule has 0 radical (unpaired) electrons. The number of aliphatic hydroxyl groups is 2. The average Bonchev–Trinajstić information content (AvgIpc) is 2.22. The standard InChI is InChI=1S/C11H13BrF2O2/c1-5(2)10(15)11(16)8-7(13)4-3-6(12)9(8)14/h3-5,10-11,15-16H,1-2H3. The van der Waals surface area contributed by atoms with Gasteiger partial charge in [-0.2, -0.15) is 0 Å². The van der Waals surface area contributed by atoms with E-state index in [1.54, 1.807) is 13.8 Å². The molecule has 0 fully saturated rings. The van der Waals surface area contributed by atoms with Gasteiger partial charge in [-0.1, -0.05) is 13.8 Å². The van der Waals surface area contributed by atoms with Gasteiger partial charge in [0, 0.05) is 0 Å². The van der Waals surface area contributed by atoms with E-state index in [2.05, 4.69) is 15.9 Å². The van der Waals surface area contributed by atoms with Crippen molar-refractivity contribution in [1.29, 1.82) is 0 Å². The first-order chi connectivity index (χ1) is 7.36. The smallest absolute Gasteiger partial charge is 0.146 e. The van der Waals surface area contributed by atoms with E-state index in [1.807, 2.05) is 0 Å². The van der Waals surface area contributed by atoms with Crippen LogP contribution in [0.15, 0.2) is 16.6 Å². The third-order valence-electron chi connectivity index (χ3n) is 2.38. The van der Waals surface area contributed by atoms with Gasteiger partial charge in [-0.3, -0.25) is 0 Å². The molecule has 0 heterocycles. The molecule has 1 aromatic carbocycles. The van der Waals surface area contributed by atoms with Crippen LogP contribution in [0.1, 0.15) is 25.5 Å². The summed E-state index contributed by atoms with van der Waals surface area (Å²) in [5.41, 5.74) is -0.504. The Bertz CT molecular complexity index is 382. The van der Waals surface area contributed by atoms with E-state index in [0.29, 0.717) is 0 Å². The SMILES string of the molecule is CC(C)C(O)C(O)c1c(F)ccc(Br)c1F. The molecule has 0 saturated carbocycles. The summed E-state index contributed by atoms with van der Waals surface area (Å²) < 4.78 is 27.0. The molecule has 0 saturated heterocycles. The molecular weight excluding hydrogens is 282 g/mol. The number of aliphatic hydroxyl groups excluding tert-OH is 2. The molecule has 2 atom stereocenters. The van der Waals surface area contributed by atoms with Gasteiger partial charge >= 0.3 is 0 Å². The quantitative estimate of drug-likeness (QED) is 0.842. The molecule has 2 N–H and O–H groups in total. The lowest BCUT2D eigenvalue weighted by Gasteiger charge is -2.22. The van der Waals surface area contributed by atoms with Gasteiger partial charge in [0.1, 0.15) is 17.7 Å². The Morgan fingerprint density at radius 1 is 1.19 bits per heavy atom. The van der Waals surface area contributed by atoms with Crippen LogP contribution in [0.3, 0.4) is 0 Å². The highest BCUT2D eigenvalue weighted by atomic mass is 79.9. The molecule has 1 aromatic rings. The van der Waals surface area contributed by atoms with Gasteiger partial charge in [-0.25, -0.2) is 8.78 Å². The first kappa shape index (κ1) is 13.5. The first-order valence-corrected chi connectivity index (χ1v) is 5.65. The summed E-state index contributed by atoms with van der Waals surface area (Å²) in [6, 6.07) is 2.25. The van der Waals surface area contributed by atoms with Gasteiger partial charge in [0.05, 0.1) is 16.1 Å². The lowest BCUT2D eigenvalue weighted by atomic mass is 9.95. The van der Waals surface area contributed by atoms with Crippen LogP contribution in [0.4, 0.5) is 8.78 Å². The summed E-state index contributed by atoms with van der Waals surface area (Å²) in [6.45, 7) is 3.31. The highest BCUT2D eigenvalue weighted by Crippen LogP contribution is 2.30. The fourth-order valence-corrected chi connectivity index (χ4v) is 1.69. The maximum atomic E-state index is 13.6. The Morgan fingerprint density at radius 2 is 1.75 bits per heavy atom. The summed E-state index contributed by atoms with van der Waals surface area (Å²) >= 11 is 2.90. The zero-order chi connectivity index (χ0) is 12.5. The van der Waals surface area contributed by atoms with Crippen LogP contribution in [0.5, 0.6) is 0 Å². The normalized spacial score (nSPS) is 15.2. The molecule has 2 unspecified atom stereocenters. The zero-order valence-electron chi connectivity index (χ0n) is 8.92. The molecule has 0 aliphatic carbocycles.